The fraction of sp³-hybridized carbons (Fsp3) is 0.394. The number of rotatable bonds is 17. The van der Waals surface area contributed by atoms with Gasteiger partial charge in [-0.2, -0.15) is 13.2 Å². The Morgan fingerprint density at radius 1 is 0.860 bits per heavy atom. The Labute approximate surface area is 260 Å². The van der Waals surface area contributed by atoms with Gasteiger partial charge in [0.15, 0.2) is 0 Å². The van der Waals surface area contributed by atoms with Crippen LogP contribution in [0, 0.1) is 5.92 Å². The van der Waals surface area contributed by atoms with E-state index in [1.54, 1.807) is 24.3 Å². The first kappa shape index (κ1) is 34.4. The summed E-state index contributed by atoms with van der Waals surface area (Å²) in [6.45, 7) is 1.75. The summed E-state index contributed by atoms with van der Waals surface area (Å²) in [5.74, 6) is -3.24. The van der Waals surface area contributed by atoms with Crippen molar-refractivity contribution in [3.05, 3.63) is 99.5 Å². The van der Waals surface area contributed by atoms with E-state index in [1.807, 2.05) is 55.6 Å². The van der Waals surface area contributed by atoms with Gasteiger partial charge in [0, 0.05) is 41.4 Å². The summed E-state index contributed by atoms with van der Waals surface area (Å²) in [5.41, 5.74) is 2.85. The van der Waals surface area contributed by atoms with Crippen LogP contribution in [0.3, 0.4) is 0 Å². The number of unbranched alkanes of at least 4 members (excludes halogenated alkanes) is 2. The lowest BCUT2D eigenvalue weighted by atomic mass is 9.89. The van der Waals surface area contributed by atoms with Crippen LogP contribution in [0.4, 0.5) is 13.2 Å². The first-order valence-electron chi connectivity index (χ1n) is 14.2. The average molecular weight is 639 g/mol. The minimum Gasteiger partial charge on any atom is -0.492 e. The molecule has 0 aromatic heterocycles. The van der Waals surface area contributed by atoms with E-state index in [1.165, 1.54) is 0 Å². The van der Waals surface area contributed by atoms with Crippen LogP contribution in [0.5, 0.6) is 5.75 Å². The van der Waals surface area contributed by atoms with Gasteiger partial charge in [-0.1, -0.05) is 72.4 Å². The Kier molecular flexibility index (Phi) is 13.4. The number of carbonyl (C=O) groups is 2. The topological polar surface area (TPSA) is 66.8 Å². The zero-order chi connectivity index (χ0) is 31.4. The van der Waals surface area contributed by atoms with E-state index in [0.29, 0.717) is 53.8 Å². The maximum absolute atomic E-state index is 13.2. The van der Waals surface area contributed by atoms with E-state index < -0.39 is 23.8 Å². The molecule has 10 heteroatoms. The fourth-order valence-corrected chi connectivity index (χ4v) is 5.18. The van der Waals surface area contributed by atoms with Crippen molar-refractivity contribution < 1.29 is 32.6 Å². The third kappa shape index (κ3) is 11.9. The second-order valence-electron chi connectivity index (χ2n) is 10.7. The molecule has 0 spiro atoms. The highest BCUT2D eigenvalue weighted by Gasteiger charge is 2.42. The van der Waals surface area contributed by atoms with Gasteiger partial charge in [0.25, 0.3) is 0 Å². The standard InChI is InChI=1S/C33H36Cl2F3NO4/c1-39(22-30(24-9-13-27(34)14-10-24)25-11-15-28(35)16-12-25)19-20-43-29-17-7-23(8-18-29)21-26(32(42)33(36,37)38)5-3-2-4-6-31(40)41/h7-18,26,30H,2-6,19-22H2,1H3,(H,40,41). The number of nitrogens with zero attached hydrogens (tertiary/aromatic N) is 1. The normalized spacial score (nSPS) is 12.5. The quantitative estimate of drug-likeness (QED) is 0.150. The third-order valence-corrected chi connectivity index (χ3v) is 7.78. The molecule has 3 aromatic rings. The highest BCUT2D eigenvalue weighted by atomic mass is 35.5. The molecular weight excluding hydrogens is 602 g/mol. The van der Waals surface area contributed by atoms with Crippen LogP contribution in [0.1, 0.15) is 54.7 Å². The Morgan fingerprint density at radius 3 is 1.93 bits per heavy atom. The number of ether oxygens (including phenoxy) is 1. The molecule has 1 unspecified atom stereocenters. The predicted molar refractivity (Wildman–Crippen MR) is 163 cm³/mol. The third-order valence-electron chi connectivity index (χ3n) is 7.28. The van der Waals surface area contributed by atoms with Gasteiger partial charge in [-0.15, -0.1) is 0 Å². The number of halogens is 5. The molecule has 1 atom stereocenters. The second-order valence-corrected chi connectivity index (χ2v) is 11.5. The first-order chi connectivity index (χ1) is 20.4. The minimum absolute atomic E-state index is 0.0413. The summed E-state index contributed by atoms with van der Waals surface area (Å²) in [6, 6.07) is 22.3. The van der Waals surface area contributed by atoms with Crippen molar-refractivity contribution in [2.24, 2.45) is 5.92 Å². The van der Waals surface area contributed by atoms with Gasteiger partial charge in [-0.05, 0) is 79.4 Å². The molecule has 0 amide bonds. The van der Waals surface area contributed by atoms with Crippen molar-refractivity contribution >= 4 is 35.0 Å². The maximum atomic E-state index is 13.2. The molecule has 3 rings (SSSR count). The van der Waals surface area contributed by atoms with Gasteiger partial charge < -0.3 is 14.7 Å². The van der Waals surface area contributed by atoms with E-state index in [0.717, 1.165) is 17.7 Å². The molecule has 43 heavy (non-hydrogen) atoms. The van der Waals surface area contributed by atoms with Crippen molar-refractivity contribution in [3.63, 3.8) is 0 Å². The molecule has 3 aromatic carbocycles. The van der Waals surface area contributed by atoms with E-state index in [9.17, 15) is 22.8 Å². The molecule has 0 aliphatic rings. The van der Waals surface area contributed by atoms with Gasteiger partial charge in [-0.3, -0.25) is 9.59 Å². The van der Waals surface area contributed by atoms with Crippen LogP contribution in [-0.4, -0.2) is 54.7 Å². The number of hydrogen-bond acceptors (Lipinski definition) is 4. The molecule has 0 bridgehead atoms. The molecule has 1 N–H and O–H groups in total. The van der Waals surface area contributed by atoms with Gasteiger partial charge in [-0.25, -0.2) is 0 Å². The Hall–Kier alpha value is -3.07. The Balaban J connectivity index is 1.54. The van der Waals surface area contributed by atoms with Crippen LogP contribution in [-0.2, 0) is 16.0 Å². The van der Waals surface area contributed by atoms with E-state index in [4.69, 9.17) is 33.0 Å². The molecule has 0 saturated carbocycles. The Morgan fingerprint density at radius 2 is 1.42 bits per heavy atom. The summed E-state index contributed by atoms with van der Waals surface area (Å²) in [5, 5.41) is 10.1. The van der Waals surface area contributed by atoms with Crippen molar-refractivity contribution in [3.8, 4) is 5.75 Å². The lowest BCUT2D eigenvalue weighted by Gasteiger charge is -2.25. The number of hydrogen-bond donors (Lipinski definition) is 1. The summed E-state index contributed by atoms with van der Waals surface area (Å²) in [4.78, 5) is 24.8. The van der Waals surface area contributed by atoms with Crippen LogP contribution in [0.2, 0.25) is 10.0 Å². The molecule has 0 saturated heterocycles. The smallest absolute Gasteiger partial charge is 0.450 e. The number of likely N-dealkylation sites (N-methyl/N-ethyl adjacent to an activating group) is 1. The SMILES string of the molecule is CN(CCOc1ccc(CC(CCCCCC(=O)O)C(=O)C(F)(F)F)cc1)CC(c1ccc(Cl)cc1)c1ccc(Cl)cc1. The van der Waals surface area contributed by atoms with Crippen LogP contribution < -0.4 is 4.74 Å². The molecule has 0 aliphatic carbocycles. The maximum Gasteiger partial charge on any atom is 0.450 e. The molecule has 232 valence electrons. The number of ketones is 1. The number of Topliss-reactive ketones (excluding diaryl/α,β-unsaturated/α-hetero) is 1. The molecule has 0 aliphatic heterocycles. The number of aliphatic carboxylic acids is 1. The number of carboxylic acids is 1. The lowest BCUT2D eigenvalue weighted by molar-refractivity contribution is -0.175. The summed E-state index contributed by atoms with van der Waals surface area (Å²) in [7, 11) is 2.00. The van der Waals surface area contributed by atoms with E-state index >= 15 is 0 Å². The summed E-state index contributed by atoms with van der Waals surface area (Å²) >= 11 is 12.2. The summed E-state index contributed by atoms with van der Waals surface area (Å²) in [6.07, 6.45) is -3.78. The van der Waals surface area contributed by atoms with Crippen molar-refractivity contribution in [2.45, 2.75) is 50.6 Å². The van der Waals surface area contributed by atoms with Gasteiger partial charge >= 0.3 is 12.1 Å². The van der Waals surface area contributed by atoms with Gasteiger partial charge in [0.2, 0.25) is 5.78 Å². The molecule has 5 nitrogen and oxygen atoms in total. The second kappa shape index (κ2) is 16.7. The highest BCUT2D eigenvalue weighted by Crippen LogP contribution is 2.29. The minimum atomic E-state index is -4.92. The molecule has 0 radical (unpaired) electrons. The number of alkyl halides is 3. The van der Waals surface area contributed by atoms with Crippen LogP contribution in [0.25, 0.3) is 0 Å². The fourth-order valence-electron chi connectivity index (χ4n) is 4.92. The average Bonchev–Trinajstić information content (AvgIpc) is 2.96. The zero-order valence-electron chi connectivity index (χ0n) is 24.0. The summed E-state index contributed by atoms with van der Waals surface area (Å²) < 4.78 is 45.5. The van der Waals surface area contributed by atoms with E-state index in [2.05, 4.69) is 4.90 Å². The molecule has 0 fully saturated rings. The number of benzene rings is 3. The van der Waals surface area contributed by atoms with Crippen molar-refractivity contribution in [1.82, 2.24) is 4.90 Å². The zero-order valence-corrected chi connectivity index (χ0v) is 25.5. The molecular formula is C33H36Cl2F3NO4. The largest absolute Gasteiger partial charge is 0.492 e. The first-order valence-corrected chi connectivity index (χ1v) is 14.9. The van der Waals surface area contributed by atoms with Crippen molar-refractivity contribution in [2.75, 3.05) is 26.7 Å². The number of carboxylic acid groups (broad SMARTS) is 1. The lowest BCUT2D eigenvalue weighted by Crippen LogP contribution is -2.31. The number of carbonyl (C=O) groups excluding carboxylic acids is 1. The Bertz CT molecular complexity index is 1250. The van der Waals surface area contributed by atoms with Crippen LogP contribution in [0.15, 0.2) is 72.8 Å². The molecule has 0 heterocycles. The van der Waals surface area contributed by atoms with E-state index in [-0.39, 0.29) is 25.2 Å². The van der Waals surface area contributed by atoms with Crippen molar-refractivity contribution in [1.29, 1.82) is 0 Å². The monoisotopic (exact) mass is 637 g/mol. The van der Waals surface area contributed by atoms with Gasteiger partial charge in [0.1, 0.15) is 12.4 Å². The highest BCUT2D eigenvalue weighted by molar-refractivity contribution is 6.30. The predicted octanol–water partition coefficient (Wildman–Crippen LogP) is 8.46. The van der Waals surface area contributed by atoms with Gasteiger partial charge in [0.05, 0.1) is 0 Å². The van der Waals surface area contributed by atoms with Crippen LogP contribution >= 0.6 is 23.2 Å².